The summed E-state index contributed by atoms with van der Waals surface area (Å²) in [5, 5.41) is 143. The quantitative estimate of drug-likeness (QED) is 0.103. The first-order valence-corrected chi connectivity index (χ1v) is 14.1. The molecular weight excluding hydrogens is 624 g/mol. The van der Waals surface area contributed by atoms with Gasteiger partial charge in [-0.05, 0) is 0 Å². The third-order valence-corrected chi connectivity index (χ3v) is 8.21. The van der Waals surface area contributed by atoms with Crippen molar-refractivity contribution in [1.82, 2.24) is 0 Å². The van der Waals surface area contributed by atoms with E-state index in [-0.39, 0.29) is 0 Å². The van der Waals surface area contributed by atoms with Crippen LogP contribution in [-0.2, 0) is 33.2 Å². The largest absolute Gasteiger partial charge is 0.394 e. The molecule has 0 radical (unpaired) electrons. The van der Waals surface area contributed by atoms with Crippen molar-refractivity contribution >= 4 is 0 Å². The first kappa shape index (κ1) is 37.0. The van der Waals surface area contributed by atoms with Crippen molar-refractivity contribution in [3.05, 3.63) is 0 Å². The van der Waals surface area contributed by atoms with Gasteiger partial charge in [0, 0.05) is 0 Å². The Morgan fingerprint density at radius 3 is 1.22 bits per heavy atom. The predicted molar refractivity (Wildman–Crippen MR) is 134 cm³/mol. The number of rotatable bonds is 10. The fourth-order valence-corrected chi connectivity index (χ4v) is 5.51. The SMILES string of the molecule is OC[C@H]1O[C@@H](O[C@@H]2[C@@H](O[C@H]3[C@H](O)[C@@H](O)[C@H](O[C@@H]4C(O)O[C@H](CO)[C@@H](O)[C@@H]4O)O[C@@H]3CO)O[C@H](CO)[C@@H](O)[C@@H]2O)[C@H](O)[C@@H](O)[C@@H]1O. The molecule has 0 amide bonds. The highest BCUT2D eigenvalue weighted by Gasteiger charge is 2.55. The van der Waals surface area contributed by atoms with Gasteiger partial charge in [-0.25, -0.2) is 0 Å². The van der Waals surface area contributed by atoms with Gasteiger partial charge < -0.3 is 105 Å². The van der Waals surface area contributed by atoms with Crippen LogP contribution in [0.3, 0.4) is 0 Å². The van der Waals surface area contributed by atoms with E-state index in [0.29, 0.717) is 0 Å². The van der Waals surface area contributed by atoms with E-state index < -0.39 is 149 Å². The Hall–Kier alpha value is -0.840. The molecule has 4 rings (SSSR count). The van der Waals surface area contributed by atoms with Crippen molar-refractivity contribution in [1.29, 1.82) is 0 Å². The lowest BCUT2D eigenvalue weighted by Crippen LogP contribution is -2.67. The molecule has 1 unspecified atom stereocenters. The Kier molecular flexibility index (Phi) is 12.8. The first-order valence-electron chi connectivity index (χ1n) is 14.1. The van der Waals surface area contributed by atoms with Gasteiger partial charge in [0.05, 0.1) is 26.4 Å². The second-order valence-electron chi connectivity index (χ2n) is 11.1. The maximum Gasteiger partial charge on any atom is 0.187 e. The Morgan fingerprint density at radius 2 is 0.689 bits per heavy atom. The zero-order valence-corrected chi connectivity index (χ0v) is 23.5. The minimum absolute atomic E-state index is 0.762. The van der Waals surface area contributed by atoms with Gasteiger partial charge in [0.25, 0.3) is 0 Å². The predicted octanol–water partition coefficient (Wildman–Crippen LogP) is -9.75. The van der Waals surface area contributed by atoms with Crippen LogP contribution >= 0.6 is 0 Å². The number of hydrogen-bond acceptors (Lipinski definition) is 21. The van der Waals surface area contributed by atoms with Crippen LogP contribution in [0.4, 0.5) is 0 Å². The summed E-state index contributed by atoms with van der Waals surface area (Å²) < 4.78 is 37.9. The van der Waals surface area contributed by atoms with E-state index in [2.05, 4.69) is 0 Å². The van der Waals surface area contributed by atoms with Crippen LogP contribution in [0.1, 0.15) is 0 Å². The number of aliphatic hydroxyl groups is 14. The molecule has 4 saturated heterocycles. The Labute approximate surface area is 254 Å². The highest BCUT2D eigenvalue weighted by molar-refractivity contribution is 4.97. The van der Waals surface area contributed by atoms with E-state index in [0.717, 1.165) is 0 Å². The molecule has 264 valence electrons. The van der Waals surface area contributed by atoms with Gasteiger partial charge in [0.1, 0.15) is 97.7 Å². The fourth-order valence-electron chi connectivity index (χ4n) is 5.51. The minimum atomic E-state index is -2.05. The van der Waals surface area contributed by atoms with Gasteiger partial charge in [0.2, 0.25) is 0 Å². The average molecular weight is 667 g/mol. The maximum atomic E-state index is 11.0. The molecule has 0 bridgehead atoms. The molecule has 0 saturated carbocycles. The zero-order valence-electron chi connectivity index (χ0n) is 23.5. The number of aliphatic hydroxyl groups excluding tert-OH is 14. The Morgan fingerprint density at radius 1 is 0.333 bits per heavy atom. The number of hydrogen-bond donors (Lipinski definition) is 14. The monoisotopic (exact) mass is 666 g/mol. The zero-order chi connectivity index (χ0) is 33.3. The summed E-state index contributed by atoms with van der Waals surface area (Å²) in [4.78, 5) is 0. The lowest BCUT2D eigenvalue weighted by molar-refractivity contribution is -0.396. The molecular formula is C24H42O21. The molecule has 45 heavy (non-hydrogen) atoms. The lowest BCUT2D eigenvalue weighted by atomic mass is 9.96. The van der Waals surface area contributed by atoms with Crippen LogP contribution in [0.5, 0.6) is 0 Å². The van der Waals surface area contributed by atoms with E-state index in [4.69, 9.17) is 33.2 Å². The summed E-state index contributed by atoms with van der Waals surface area (Å²) in [6.07, 6.45) is -35.9. The van der Waals surface area contributed by atoms with Crippen molar-refractivity contribution in [2.75, 3.05) is 26.4 Å². The van der Waals surface area contributed by atoms with E-state index in [1.54, 1.807) is 0 Å². The van der Waals surface area contributed by atoms with E-state index >= 15 is 0 Å². The van der Waals surface area contributed by atoms with Crippen LogP contribution < -0.4 is 0 Å². The summed E-state index contributed by atoms with van der Waals surface area (Å²) in [5.74, 6) is 0. The Bertz CT molecular complexity index is 914. The van der Waals surface area contributed by atoms with Gasteiger partial charge >= 0.3 is 0 Å². The van der Waals surface area contributed by atoms with Crippen molar-refractivity contribution in [3.63, 3.8) is 0 Å². The van der Waals surface area contributed by atoms with E-state index in [9.17, 15) is 71.5 Å². The summed E-state index contributed by atoms with van der Waals surface area (Å²) in [6, 6.07) is 0. The van der Waals surface area contributed by atoms with Gasteiger partial charge in [-0.3, -0.25) is 0 Å². The molecule has 0 spiro atoms. The van der Waals surface area contributed by atoms with Gasteiger partial charge in [-0.2, -0.15) is 0 Å². The van der Waals surface area contributed by atoms with Gasteiger partial charge in [-0.1, -0.05) is 0 Å². The van der Waals surface area contributed by atoms with Crippen molar-refractivity contribution in [3.8, 4) is 0 Å². The molecule has 21 heteroatoms. The summed E-state index contributed by atoms with van der Waals surface area (Å²) >= 11 is 0. The molecule has 4 aliphatic heterocycles. The van der Waals surface area contributed by atoms with Crippen molar-refractivity contribution < 1.29 is 105 Å². The van der Waals surface area contributed by atoms with Crippen LogP contribution in [-0.4, -0.2) is 221 Å². The molecule has 4 heterocycles. The molecule has 0 aromatic heterocycles. The molecule has 0 aromatic rings. The number of ether oxygens (including phenoxy) is 7. The average Bonchev–Trinajstić information content (AvgIpc) is 3.03. The lowest BCUT2D eigenvalue weighted by Gasteiger charge is -2.49. The summed E-state index contributed by atoms with van der Waals surface area (Å²) in [6.45, 7) is -3.39. The third kappa shape index (κ3) is 7.44. The molecule has 20 atom stereocenters. The fraction of sp³-hybridized carbons (Fsp3) is 1.00. The normalized spacial score (nSPS) is 52.9. The molecule has 4 aliphatic rings. The second-order valence-corrected chi connectivity index (χ2v) is 11.1. The molecule has 14 N–H and O–H groups in total. The van der Waals surface area contributed by atoms with Crippen molar-refractivity contribution in [2.24, 2.45) is 0 Å². The topological polar surface area (TPSA) is 348 Å². The van der Waals surface area contributed by atoms with Crippen molar-refractivity contribution in [2.45, 2.75) is 123 Å². The summed E-state index contributed by atoms with van der Waals surface area (Å²) in [7, 11) is 0. The maximum absolute atomic E-state index is 11.0. The highest BCUT2D eigenvalue weighted by Crippen LogP contribution is 2.34. The van der Waals surface area contributed by atoms with Crippen LogP contribution in [0, 0.1) is 0 Å². The van der Waals surface area contributed by atoms with Crippen LogP contribution in [0.2, 0.25) is 0 Å². The Balaban J connectivity index is 1.51. The minimum Gasteiger partial charge on any atom is -0.394 e. The van der Waals surface area contributed by atoms with E-state index in [1.165, 1.54) is 0 Å². The molecule has 0 aliphatic carbocycles. The van der Waals surface area contributed by atoms with Gasteiger partial charge in [0.15, 0.2) is 25.2 Å². The third-order valence-electron chi connectivity index (χ3n) is 8.21. The highest BCUT2D eigenvalue weighted by atomic mass is 16.8. The van der Waals surface area contributed by atoms with Crippen LogP contribution in [0.15, 0.2) is 0 Å². The van der Waals surface area contributed by atoms with E-state index in [1.807, 2.05) is 0 Å². The standard InChI is InChI=1S/C24H42O21/c25-1-5-10(30)13(33)19(21(38)39-5)44-23-17(37)15(35)18(8(4-28)42-23)43-24-20(14(34)11(31)7(3-27)41-24)45-22-16(36)12(32)9(29)6(2-26)40-22/h5-38H,1-4H2/t5-,6-,7-,8-,9-,10-,11-,12+,13+,14+,15-,16-,17-,18-,19+,20+,21?,22+,23+,24-/m1/s1. The molecule has 4 fully saturated rings. The first-order chi connectivity index (χ1) is 21.3. The summed E-state index contributed by atoms with van der Waals surface area (Å²) in [5.41, 5.74) is 0. The van der Waals surface area contributed by atoms with Crippen LogP contribution in [0.25, 0.3) is 0 Å². The smallest absolute Gasteiger partial charge is 0.187 e. The van der Waals surface area contributed by atoms with Gasteiger partial charge in [-0.15, -0.1) is 0 Å². The second kappa shape index (κ2) is 15.6. The molecule has 21 nitrogen and oxygen atoms in total. The molecule has 0 aromatic carbocycles.